The molecule has 0 saturated carbocycles. The van der Waals surface area contributed by atoms with Gasteiger partial charge in [-0.3, -0.25) is 19.3 Å². The predicted octanol–water partition coefficient (Wildman–Crippen LogP) is 1.19. The van der Waals surface area contributed by atoms with Crippen LogP contribution in [0, 0.1) is 0 Å². The molecule has 1 heterocycles. The maximum Gasteiger partial charge on any atom is 0.311 e. The third-order valence-electron chi connectivity index (χ3n) is 3.10. The van der Waals surface area contributed by atoms with Crippen molar-refractivity contribution in [2.24, 2.45) is 5.10 Å². The Morgan fingerprint density at radius 2 is 2.00 bits per heavy atom. The van der Waals surface area contributed by atoms with Crippen LogP contribution in [0.5, 0.6) is 0 Å². The molecule has 0 saturated heterocycles. The zero-order chi connectivity index (χ0) is 20.9. The third kappa shape index (κ3) is 6.07. The third-order valence-corrected chi connectivity index (χ3v) is 5.68. The number of anilines is 1. The van der Waals surface area contributed by atoms with E-state index in [0.717, 1.165) is 35.8 Å². The second-order valence-corrected chi connectivity index (χ2v) is 8.82. The zero-order valence-corrected chi connectivity index (χ0v) is 16.7. The van der Waals surface area contributed by atoms with Gasteiger partial charge >= 0.3 is 5.97 Å². The van der Waals surface area contributed by atoms with Gasteiger partial charge in [-0.1, -0.05) is 0 Å². The van der Waals surface area contributed by atoms with E-state index >= 15 is 0 Å². The number of rotatable bonds is 8. The van der Waals surface area contributed by atoms with Crippen molar-refractivity contribution in [2.75, 3.05) is 12.0 Å². The Hall–Kier alpha value is -2.39. The molecule has 3 N–H and O–H groups in total. The lowest BCUT2D eigenvalue weighted by Gasteiger charge is -2.05. The van der Waals surface area contributed by atoms with Gasteiger partial charge in [0.05, 0.1) is 29.8 Å². The molecular weight excluding hydrogens is 434 g/mol. The van der Waals surface area contributed by atoms with Crippen LogP contribution in [0.25, 0.3) is 0 Å². The first-order valence-electron chi connectivity index (χ1n) is 7.49. The van der Waals surface area contributed by atoms with Crippen molar-refractivity contribution in [3.05, 3.63) is 34.8 Å². The molecule has 1 aromatic heterocycles. The van der Waals surface area contributed by atoms with Crippen molar-refractivity contribution in [2.45, 2.75) is 23.1 Å². The molecule has 152 valence electrons. The number of nitrogens with zero attached hydrogens (tertiary/aromatic N) is 2. The molecule has 0 unspecified atom stereocenters. The van der Waals surface area contributed by atoms with Gasteiger partial charge in [0.1, 0.15) is 4.90 Å². The van der Waals surface area contributed by atoms with E-state index in [-0.39, 0.29) is 23.7 Å². The van der Waals surface area contributed by atoms with Crippen LogP contribution in [0.2, 0.25) is 0 Å². The topological polar surface area (TPSA) is 172 Å². The lowest BCUT2D eigenvalue weighted by Crippen LogP contribution is -2.07. The van der Waals surface area contributed by atoms with Crippen molar-refractivity contribution >= 4 is 48.9 Å². The average molecular weight is 449 g/mol. The lowest BCUT2D eigenvalue weighted by atomic mass is 10.2. The molecule has 0 bridgehead atoms. The average Bonchev–Trinajstić information content (AvgIpc) is 3.00. The van der Waals surface area contributed by atoms with Crippen LogP contribution >= 0.6 is 11.3 Å². The maximum absolute atomic E-state index is 11.4. The summed E-state index contributed by atoms with van der Waals surface area (Å²) in [6.45, 7) is 1.93. The first-order chi connectivity index (χ1) is 13.0. The summed E-state index contributed by atoms with van der Waals surface area (Å²) in [4.78, 5) is 14.3. The quantitative estimate of drug-likeness (QED) is 0.230. The number of esters is 1. The van der Waals surface area contributed by atoms with Crippen molar-refractivity contribution in [1.82, 2.24) is 4.98 Å². The van der Waals surface area contributed by atoms with Crippen LogP contribution in [-0.2, 0) is 36.2 Å². The number of benzene rings is 1. The van der Waals surface area contributed by atoms with Gasteiger partial charge in [0.15, 0.2) is 0 Å². The van der Waals surface area contributed by atoms with Crippen LogP contribution in [0.3, 0.4) is 0 Å². The highest BCUT2D eigenvalue weighted by Gasteiger charge is 2.18. The highest BCUT2D eigenvalue weighted by Crippen LogP contribution is 2.20. The molecule has 14 heteroatoms. The van der Waals surface area contributed by atoms with Gasteiger partial charge in [0, 0.05) is 10.9 Å². The molecule has 11 nitrogen and oxygen atoms in total. The minimum absolute atomic E-state index is 0.0287. The summed E-state index contributed by atoms with van der Waals surface area (Å²) in [7, 11) is -9.26. The summed E-state index contributed by atoms with van der Waals surface area (Å²) < 4.78 is 68.4. The molecule has 2 aromatic rings. The zero-order valence-electron chi connectivity index (χ0n) is 14.3. The van der Waals surface area contributed by atoms with E-state index in [1.54, 1.807) is 12.3 Å². The fourth-order valence-corrected chi connectivity index (χ4v) is 3.80. The molecular formula is C14H15N3O8S3. The normalized spacial score (nSPS) is 12.2. The fourth-order valence-electron chi connectivity index (χ4n) is 1.98. The molecule has 0 atom stereocenters. The highest BCUT2D eigenvalue weighted by atomic mass is 32.2. The predicted molar refractivity (Wildman–Crippen MR) is 99.7 cm³/mol. The van der Waals surface area contributed by atoms with Gasteiger partial charge < -0.3 is 4.74 Å². The summed E-state index contributed by atoms with van der Waals surface area (Å²) in [6.07, 6.45) is 0.906. The second kappa shape index (κ2) is 8.74. The number of hydrazone groups is 1. The molecule has 2 rings (SSSR count). The lowest BCUT2D eigenvalue weighted by molar-refractivity contribution is -0.142. The number of hydrogen-bond donors (Lipinski definition) is 3. The largest absolute Gasteiger partial charge is 0.466 e. The number of hydrogen-bond acceptors (Lipinski definition) is 10. The minimum Gasteiger partial charge on any atom is -0.466 e. The van der Waals surface area contributed by atoms with Gasteiger partial charge in [-0.05, 0) is 25.1 Å². The van der Waals surface area contributed by atoms with E-state index < -0.39 is 36.0 Å². The molecule has 0 aliphatic heterocycles. The van der Waals surface area contributed by atoms with E-state index in [9.17, 15) is 26.2 Å². The molecule has 0 spiro atoms. The van der Waals surface area contributed by atoms with Crippen molar-refractivity contribution in [3.8, 4) is 0 Å². The van der Waals surface area contributed by atoms with Crippen molar-refractivity contribution in [3.63, 3.8) is 0 Å². The molecule has 28 heavy (non-hydrogen) atoms. The minimum atomic E-state index is -4.67. The molecule has 0 fully saturated rings. The number of nitrogens with one attached hydrogen (secondary N) is 1. The number of aromatic nitrogens is 1. The molecule has 0 radical (unpaired) electrons. The standard InChI is InChI=1S/C14H15N3O8S3/c1-2-25-13(18)6-10-8-26-14(16-10)17-15-7-9-5-11(27(19,20)21)3-4-12(9)28(22,23)24/h3-5,7-8H,2,6H2,1H3,(H,16,17)(H,19,20,21)(H,22,23,24). The highest BCUT2D eigenvalue weighted by molar-refractivity contribution is 7.86. The summed E-state index contributed by atoms with van der Waals surface area (Å²) in [5, 5.41) is 5.61. The van der Waals surface area contributed by atoms with Gasteiger partial charge in [0.25, 0.3) is 20.2 Å². The SMILES string of the molecule is CCOC(=O)Cc1csc(NN=Cc2cc(S(=O)(=O)O)ccc2S(=O)(=O)O)n1. The molecule has 1 aromatic carbocycles. The first kappa shape index (κ1) is 21.9. The smallest absolute Gasteiger partial charge is 0.311 e. The Kier molecular flexibility index (Phi) is 6.84. The van der Waals surface area contributed by atoms with Crippen LogP contribution in [0.4, 0.5) is 5.13 Å². The van der Waals surface area contributed by atoms with Crippen LogP contribution in [0.15, 0.2) is 38.5 Å². The Morgan fingerprint density at radius 1 is 1.29 bits per heavy atom. The van der Waals surface area contributed by atoms with Crippen molar-refractivity contribution in [1.29, 1.82) is 0 Å². The van der Waals surface area contributed by atoms with E-state index in [0.29, 0.717) is 5.69 Å². The fraction of sp³-hybridized carbons (Fsp3) is 0.214. The van der Waals surface area contributed by atoms with Crippen LogP contribution < -0.4 is 5.43 Å². The number of carbonyl (C=O) groups excluding carboxylic acids is 1. The second-order valence-electron chi connectivity index (χ2n) is 5.15. The van der Waals surface area contributed by atoms with Gasteiger partial charge in [-0.15, -0.1) is 11.3 Å². The Morgan fingerprint density at radius 3 is 2.61 bits per heavy atom. The van der Waals surface area contributed by atoms with Gasteiger partial charge in [0.2, 0.25) is 5.13 Å². The monoisotopic (exact) mass is 449 g/mol. The van der Waals surface area contributed by atoms with Crippen LogP contribution in [0.1, 0.15) is 18.2 Å². The summed E-state index contributed by atoms with van der Waals surface area (Å²) >= 11 is 1.11. The van der Waals surface area contributed by atoms with E-state index in [1.165, 1.54) is 0 Å². The van der Waals surface area contributed by atoms with E-state index in [1.807, 2.05) is 0 Å². The molecule has 0 aliphatic rings. The number of carbonyl (C=O) groups is 1. The van der Waals surface area contributed by atoms with E-state index in [2.05, 4.69) is 15.5 Å². The Balaban J connectivity index is 2.22. The molecule has 0 amide bonds. The van der Waals surface area contributed by atoms with Gasteiger partial charge in [-0.2, -0.15) is 21.9 Å². The van der Waals surface area contributed by atoms with E-state index in [4.69, 9.17) is 9.29 Å². The summed E-state index contributed by atoms with van der Waals surface area (Å²) in [5.74, 6) is -0.442. The van der Waals surface area contributed by atoms with Crippen molar-refractivity contribution < 1.29 is 35.5 Å². The maximum atomic E-state index is 11.4. The summed E-state index contributed by atoms with van der Waals surface area (Å²) in [5.41, 5.74) is 2.65. The van der Waals surface area contributed by atoms with Gasteiger partial charge in [-0.25, -0.2) is 4.98 Å². The number of thiazole rings is 1. The number of ether oxygens (including phenoxy) is 1. The molecule has 0 aliphatic carbocycles. The summed E-state index contributed by atoms with van der Waals surface area (Å²) in [6, 6.07) is 2.48. The Bertz CT molecular complexity index is 1110. The Labute approximate surface area is 164 Å². The first-order valence-corrected chi connectivity index (χ1v) is 11.2. The van der Waals surface area contributed by atoms with Crippen LogP contribution in [-0.4, -0.2) is 49.7 Å².